The van der Waals surface area contributed by atoms with E-state index in [-0.39, 0.29) is 18.4 Å². The van der Waals surface area contributed by atoms with Crippen LogP contribution < -0.4 is 5.32 Å². The summed E-state index contributed by atoms with van der Waals surface area (Å²) in [7, 11) is 0. The summed E-state index contributed by atoms with van der Waals surface area (Å²) in [5, 5.41) is 2.93. The van der Waals surface area contributed by atoms with Gasteiger partial charge in [-0.1, -0.05) is 18.5 Å². The standard InChI is InChI=1S/C14H18ClN3O2/c1-2-11-7-10(8-12(15)17-11)14(20)16-9-13(19)18-5-3-4-6-18/h7-8H,2-6,9H2,1H3,(H,16,20). The molecular formula is C14H18ClN3O2. The zero-order valence-corrected chi connectivity index (χ0v) is 12.2. The van der Waals surface area contributed by atoms with E-state index in [2.05, 4.69) is 10.3 Å². The summed E-state index contributed by atoms with van der Waals surface area (Å²) < 4.78 is 0. The Morgan fingerprint density at radius 1 is 1.35 bits per heavy atom. The molecule has 1 fully saturated rings. The van der Waals surface area contributed by atoms with Crippen molar-refractivity contribution in [2.75, 3.05) is 19.6 Å². The SMILES string of the molecule is CCc1cc(C(=O)NCC(=O)N2CCCC2)cc(Cl)n1. The second kappa shape index (κ2) is 6.70. The molecule has 0 atom stereocenters. The molecule has 1 aromatic rings. The number of nitrogens with one attached hydrogen (secondary N) is 1. The molecule has 1 aromatic heterocycles. The molecule has 0 saturated carbocycles. The number of hydrogen-bond acceptors (Lipinski definition) is 3. The number of hydrogen-bond donors (Lipinski definition) is 1. The Morgan fingerprint density at radius 2 is 2.05 bits per heavy atom. The number of carbonyl (C=O) groups is 2. The molecule has 20 heavy (non-hydrogen) atoms. The number of aryl methyl sites for hydroxylation is 1. The summed E-state index contributed by atoms with van der Waals surface area (Å²) in [6.45, 7) is 3.54. The van der Waals surface area contributed by atoms with Crippen LogP contribution in [0.1, 0.15) is 35.8 Å². The highest BCUT2D eigenvalue weighted by Crippen LogP contribution is 2.11. The molecule has 0 spiro atoms. The zero-order chi connectivity index (χ0) is 14.5. The first kappa shape index (κ1) is 14.8. The maximum Gasteiger partial charge on any atom is 0.251 e. The molecule has 0 bridgehead atoms. The molecule has 1 N–H and O–H groups in total. The van der Waals surface area contributed by atoms with Crippen molar-refractivity contribution in [2.45, 2.75) is 26.2 Å². The highest BCUT2D eigenvalue weighted by Gasteiger charge is 2.18. The summed E-state index contributed by atoms with van der Waals surface area (Å²) in [6.07, 6.45) is 2.78. The van der Waals surface area contributed by atoms with Gasteiger partial charge in [0.15, 0.2) is 0 Å². The van der Waals surface area contributed by atoms with E-state index in [0.29, 0.717) is 17.1 Å². The number of halogens is 1. The topological polar surface area (TPSA) is 62.3 Å². The van der Waals surface area contributed by atoms with Crippen LogP contribution in [-0.2, 0) is 11.2 Å². The third-order valence-corrected chi connectivity index (χ3v) is 3.52. The van der Waals surface area contributed by atoms with Crippen molar-refractivity contribution in [2.24, 2.45) is 0 Å². The highest BCUT2D eigenvalue weighted by molar-refractivity contribution is 6.29. The smallest absolute Gasteiger partial charge is 0.251 e. The van der Waals surface area contributed by atoms with Crippen molar-refractivity contribution in [3.63, 3.8) is 0 Å². The molecule has 108 valence electrons. The summed E-state index contributed by atoms with van der Waals surface area (Å²) >= 11 is 5.87. The van der Waals surface area contributed by atoms with Gasteiger partial charge >= 0.3 is 0 Å². The minimum atomic E-state index is -0.295. The number of nitrogens with zero attached hydrogens (tertiary/aromatic N) is 2. The van der Waals surface area contributed by atoms with Gasteiger partial charge in [0.2, 0.25) is 5.91 Å². The maximum absolute atomic E-state index is 12.0. The van der Waals surface area contributed by atoms with Crippen molar-refractivity contribution in [3.8, 4) is 0 Å². The number of likely N-dealkylation sites (tertiary alicyclic amines) is 1. The quantitative estimate of drug-likeness (QED) is 0.859. The molecule has 0 aliphatic carbocycles. The van der Waals surface area contributed by atoms with E-state index in [0.717, 1.165) is 31.6 Å². The van der Waals surface area contributed by atoms with Gasteiger partial charge in [0, 0.05) is 24.3 Å². The van der Waals surface area contributed by atoms with Crippen LogP contribution in [0.15, 0.2) is 12.1 Å². The van der Waals surface area contributed by atoms with Gasteiger partial charge in [-0.3, -0.25) is 9.59 Å². The van der Waals surface area contributed by atoms with Crippen molar-refractivity contribution in [1.29, 1.82) is 0 Å². The largest absolute Gasteiger partial charge is 0.343 e. The Labute approximate surface area is 123 Å². The molecule has 5 nitrogen and oxygen atoms in total. The minimum Gasteiger partial charge on any atom is -0.343 e. The summed E-state index contributed by atoms with van der Waals surface area (Å²) in [6, 6.07) is 3.21. The summed E-state index contributed by atoms with van der Waals surface area (Å²) in [4.78, 5) is 29.7. The Bertz CT molecular complexity index is 513. The third-order valence-electron chi connectivity index (χ3n) is 3.33. The molecule has 1 saturated heterocycles. The zero-order valence-electron chi connectivity index (χ0n) is 11.5. The van der Waals surface area contributed by atoms with Gasteiger partial charge in [-0.05, 0) is 31.4 Å². The van der Waals surface area contributed by atoms with Gasteiger partial charge in [0.1, 0.15) is 5.15 Å². The number of pyridine rings is 1. The lowest BCUT2D eigenvalue weighted by molar-refractivity contribution is -0.129. The number of carbonyl (C=O) groups excluding carboxylic acids is 2. The van der Waals surface area contributed by atoms with Crippen molar-refractivity contribution >= 4 is 23.4 Å². The molecule has 2 rings (SSSR count). The first-order valence-corrected chi connectivity index (χ1v) is 7.20. The fraction of sp³-hybridized carbons (Fsp3) is 0.500. The summed E-state index contributed by atoms with van der Waals surface area (Å²) in [5.41, 5.74) is 1.20. The Balaban J connectivity index is 1.94. The van der Waals surface area contributed by atoms with Crippen LogP contribution in [0.2, 0.25) is 5.15 Å². The number of rotatable bonds is 4. The average molecular weight is 296 g/mol. The lowest BCUT2D eigenvalue weighted by atomic mass is 10.2. The first-order chi connectivity index (χ1) is 9.60. The fourth-order valence-electron chi connectivity index (χ4n) is 2.20. The summed E-state index contributed by atoms with van der Waals surface area (Å²) in [5.74, 6) is -0.330. The van der Waals surface area contributed by atoms with Crippen LogP contribution in [-0.4, -0.2) is 41.3 Å². The first-order valence-electron chi connectivity index (χ1n) is 6.82. The molecule has 2 amide bonds. The molecular weight excluding hydrogens is 278 g/mol. The molecule has 1 aliphatic rings. The predicted molar refractivity (Wildman–Crippen MR) is 76.8 cm³/mol. The van der Waals surface area contributed by atoms with E-state index in [1.165, 1.54) is 6.07 Å². The Morgan fingerprint density at radius 3 is 2.70 bits per heavy atom. The molecule has 6 heteroatoms. The molecule has 0 radical (unpaired) electrons. The van der Waals surface area contributed by atoms with E-state index in [9.17, 15) is 9.59 Å². The van der Waals surface area contributed by atoms with Crippen LogP contribution in [0, 0.1) is 0 Å². The van der Waals surface area contributed by atoms with Crippen LogP contribution in [0.4, 0.5) is 0 Å². The lowest BCUT2D eigenvalue weighted by Gasteiger charge is -2.15. The minimum absolute atomic E-state index is 0.0280. The van der Waals surface area contributed by atoms with Crippen molar-refractivity contribution < 1.29 is 9.59 Å². The van der Waals surface area contributed by atoms with Crippen LogP contribution in [0.5, 0.6) is 0 Å². The van der Waals surface area contributed by atoms with E-state index in [1.54, 1.807) is 11.0 Å². The van der Waals surface area contributed by atoms with Gasteiger partial charge < -0.3 is 10.2 Å². The normalized spacial score (nSPS) is 14.4. The van der Waals surface area contributed by atoms with Gasteiger partial charge in [-0.2, -0.15) is 0 Å². The van der Waals surface area contributed by atoms with Crippen molar-refractivity contribution in [1.82, 2.24) is 15.2 Å². The van der Waals surface area contributed by atoms with Gasteiger partial charge in [-0.15, -0.1) is 0 Å². The molecule has 2 heterocycles. The molecule has 0 aromatic carbocycles. The van der Waals surface area contributed by atoms with Crippen LogP contribution in [0.3, 0.4) is 0 Å². The lowest BCUT2D eigenvalue weighted by Crippen LogP contribution is -2.38. The second-order valence-corrected chi connectivity index (χ2v) is 5.18. The van der Waals surface area contributed by atoms with E-state index >= 15 is 0 Å². The third kappa shape index (κ3) is 3.70. The van der Waals surface area contributed by atoms with E-state index in [4.69, 9.17) is 11.6 Å². The van der Waals surface area contributed by atoms with Crippen LogP contribution >= 0.6 is 11.6 Å². The predicted octanol–water partition coefficient (Wildman–Crippen LogP) is 1.65. The highest BCUT2D eigenvalue weighted by atomic mass is 35.5. The fourth-order valence-corrected chi connectivity index (χ4v) is 2.43. The maximum atomic E-state index is 12.0. The molecule has 0 unspecified atom stereocenters. The number of aromatic nitrogens is 1. The van der Waals surface area contributed by atoms with Crippen molar-refractivity contribution in [3.05, 3.63) is 28.5 Å². The Kier molecular flexibility index (Phi) is 4.95. The van der Waals surface area contributed by atoms with Gasteiger partial charge in [-0.25, -0.2) is 4.98 Å². The number of amides is 2. The average Bonchev–Trinajstić information content (AvgIpc) is 2.97. The van der Waals surface area contributed by atoms with Gasteiger partial charge in [0.05, 0.1) is 6.54 Å². The second-order valence-electron chi connectivity index (χ2n) is 4.79. The van der Waals surface area contributed by atoms with E-state index < -0.39 is 0 Å². The Hall–Kier alpha value is -1.62. The van der Waals surface area contributed by atoms with Gasteiger partial charge in [0.25, 0.3) is 5.91 Å². The monoisotopic (exact) mass is 295 g/mol. The molecule has 1 aliphatic heterocycles. The van der Waals surface area contributed by atoms with Crippen LogP contribution in [0.25, 0.3) is 0 Å². The van der Waals surface area contributed by atoms with E-state index in [1.807, 2.05) is 6.92 Å².